The maximum Gasteiger partial charge on any atom is 0.246 e. The fraction of sp³-hybridized carbons (Fsp3) is 0.474. The van der Waals surface area contributed by atoms with Crippen molar-refractivity contribution < 1.29 is 9.53 Å². The lowest BCUT2D eigenvalue weighted by Crippen LogP contribution is -2.44. The van der Waals surface area contributed by atoms with Gasteiger partial charge >= 0.3 is 0 Å². The monoisotopic (exact) mass is 485 g/mol. The van der Waals surface area contributed by atoms with E-state index in [1.54, 1.807) is 12.1 Å². The van der Waals surface area contributed by atoms with Gasteiger partial charge in [-0.05, 0) is 25.1 Å². The molecule has 0 radical (unpaired) electrons. The van der Waals surface area contributed by atoms with Gasteiger partial charge in [-0.1, -0.05) is 12.0 Å². The summed E-state index contributed by atoms with van der Waals surface area (Å²) in [6.45, 7) is 7.91. The van der Waals surface area contributed by atoms with E-state index >= 15 is 0 Å². The molecule has 148 valence electrons. The number of morpholine rings is 1. The number of aliphatic imine (C=N–C) groups is 1. The van der Waals surface area contributed by atoms with Gasteiger partial charge in [0.1, 0.15) is 6.54 Å². The predicted octanol–water partition coefficient (Wildman–Crippen LogP) is 1.11. The van der Waals surface area contributed by atoms with Crippen molar-refractivity contribution in [2.24, 2.45) is 4.99 Å². The lowest BCUT2D eigenvalue weighted by Gasteiger charge is -2.26. The molecule has 1 amide bonds. The highest BCUT2D eigenvalue weighted by Crippen LogP contribution is 2.09. The van der Waals surface area contributed by atoms with Crippen molar-refractivity contribution in [3.8, 4) is 12.3 Å². The highest BCUT2D eigenvalue weighted by Gasteiger charge is 2.10. The molecule has 2 rings (SSSR count). The van der Waals surface area contributed by atoms with Crippen LogP contribution in [0.3, 0.4) is 0 Å². The second-order valence-electron chi connectivity index (χ2n) is 5.85. The summed E-state index contributed by atoms with van der Waals surface area (Å²) in [6, 6.07) is 7.18. The zero-order valence-electron chi connectivity index (χ0n) is 15.7. The van der Waals surface area contributed by atoms with Crippen LogP contribution >= 0.6 is 24.0 Å². The summed E-state index contributed by atoms with van der Waals surface area (Å²) in [7, 11) is 0. The first-order valence-corrected chi connectivity index (χ1v) is 8.90. The van der Waals surface area contributed by atoms with Crippen molar-refractivity contribution in [2.75, 3.05) is 57.8 Å². The Morgan fingerprint density at radius 1 is 1.33 bits per heavy atom. The summed E-state index contributed by atoms with van der Waals surface area (Å²) >= 11 is 0. The van der Waals surface area contributed by atoms with Gasteiger partial charge in [0.25, 0.3) is 0 Å². The fourth-order valence-electron chi connectivity index (χ4n) is 2.54. The predicted molar refractivity (Wildman–Crippen MR) is 120 cm³/mol. The SMILES string of the molecule is C#Cc1cccc(NC(=O)CN=C(NCC)NCCN2CCOCC2)c1.I. The summed E-state index contributed by atoms with van der Waals surface area (Å²) < 4.78 is 5.34. The van der Waals surface area contributed by atoms with Gasteiger partial charge in [-0.15, -0.1) is 30.4 Å². The molecule has 7 nitrogen and oxygen atoms in total. The van der Waals surface area contributed by atoms with E-state index in [4.69, 9.17) is 11.2 Å². The molecular weight excluding hydrogens is 457 g/mol. The first-order valence-electron chi connectivity index (χ1n) is 8.90. The molecule has 0 aliphatic carbocycles. The average molecular weight is 485 g/mol. The number of nitrogens with one attached hydrogen (secondary N) is 3. The Balaban J connectivity index is 0.00000364. The van der Waals surface area contributed by atoms with Crippen LogP contribution in [0.25, 0.3) is 0 Å². The largest absolute Gasteiger partial charge is 0.379 e. The molecule has 0 bridgehead atoms. The van der Waals surface area contributed by atoms with E-state index < -0.39 is 0 Å². The molecule has 0 aromatic heterocycles. The molecule has 1 saturated heterocycles. The Morgan fingerprint density at radius 2 is 2.11 bits per heavy atom. The third-order valence-electron chi connectivity index (χ3n) is 3.86. The number of hydrogen-bond donors (Lipinski definition) is 3. The number of nitrogens with zero attached hydrogens (tertiary/aromatic N) is 2. The van der Waals surface area contributed by atoms with Crippen molar-refractivity contribution in [1.29, 1.82) is 0 Å². The minimum atomic E-state index is -0.190. The molecule has 1 aromatic carbocycles. The topological polar surface area (TPSA) is 78.0 Å². The van der Waals surface area contributed by atoms with Crippen molar-refractivity contribution in [1.82, 2.24) is 15.5 Å². The number of ether oxygens (including phenoxy) is 1. The van der Waals surface area contributed by atoms with Gasteiger partial charge in [0.15, 0.2) is 5.96 Å². The van der Waals surface area contributed by atoms with Gasteiger partial charge in [0, 0.05) is 44.0 Å². The van der Waals surface area contributed by atoms with Gasteiger partial charge < -0.3 is 20.7 Å². The number of guanidine groups is 1. The smallest absolute Gasteiger partial charge is 0.246 e. The zero-order chi connectivity index (χ0) is 18.6. The van der Waals surface area contributed by atoms with Crippen LogP contribution in [0.1, 0.15) is 12.5 Å². The van der Waals surface area contributed by atoms with E-state index in [0.717, 1.165) is 51.5 Å². The number of carbonyl (C=O) groups is 1. The van der Waals surface area contributed by atoms with E-state index in [1.807, 2.05) is 19.1 Å². The van der Waals surface area contributed by atoms with Crippen molar-refractivity contribution in [3.63, 3.8) is 0 Å². The summed E-state index contributed by atoms with van der Waals surface area (Å²) in [5.41, 5.74) is 1.40. The van der Waals surface area contributed by atoms with E-state index in [9.17, 15) is 4.79 Å². The van der Waals surface area contributed by atoms with E-state index in [1.165, 1.54) is 0 Å². The molecule has 27 heavy (non-hydrogen) atoms. The quantitative estimate of drug-likeness (QED) is 0.234. The minimum Gasteiger partial charge on any atom is -0.379 e. The van der Waals surface area contributed by atoms with Crippen LogP contribution in [0.15, 0.2) is 29.3 Å². The van der Waals surface area contributed by atoms with Crippen LogP contribution < -0.4 is 16.0 Å². The van der Waals surface area contributed by atoms with Gasteiger partial charge in [0.2, 0.25) is 5.91 Å². The van der Waals surface area contributed by atoms with Gasteiger partial charge in [-0.2, -0.15) is 0 Å². The summed E-state index contributed by atoms with van der Waals surface area (Å²) in [5, 5.41) is 9.20. The molecule has 8 heteroatoms. The van der Waals surface area contributed by atoms with Crippen LogP contribution in [0.4, 0.5) is 5.69 Å². The van der Waals surface area contributed by atoms with E-state index in [0.29, 0.717) is 11.6 Å². The zero-order valence-corrected chi connectivity index (χ0v) is 18.0. The van der Waals surface area contributed by atoms with Crippen molar-refractivity contribution >= 4 is 41.5 Å². The van der Waals surface area contributed by atoms with Crippen LogP contribution in [0, 0.1) is 12.3 Å². The van der Waals surface area contributed by atoms with Crippen molar-refractivity contribution in [2.45, 2.75) is 6.92 Å². The second-order valence-corrected chi connectivity index (χ2v) is 5.85. The second kappa shape index (κ2) is 13.4. The Labute approximate surface area is 178 Å². The normalized spacial score (nSPS) is 14.6. The number of rotatable bonds is 7. The third-order valence-corrected chi connectivity index (χ3v) is 3.86. The molecule has 0 spiro atoms. The molecule has 1 heterocycles. The van der Waals surface area contributed by atoms with E-state index in [-0.39, 0.29) is 36.4 Å². The lowest BCUT2D eigenvalue weighted by atomic mass is 10.2. The first kappa shape index (κ1) is 23.2. The average Bonchev–Trinajstić information content (AvgIpc) is 2.67. The number of carbonyl (C=O) groups excluding carboxylic acids is 1. The van der Waals surface area contributed by atoms with Crippen LogP contribution in [0.2, 0.25) is 0 Å². The molecule has 0 unspecified atom stereocenters. The van der Waals surface area contributed by atoms with Gasteiger partial charge in [-0.25, -0.2) is 4.99 Å². The summed E-state index contributed by atoms with van der Waals surface area (Å²) in [6.07, 6.45) is 5.37. The molecule has 1 aromatic rings. The summed E-state index contributed by atoms with van der Waals surface area (Å²) in [5.74, 6) is 2.99. The third kappa shape index (κ3) is 9.08. The van der Waals surface area contributed by atoms with Crippen LogP contribution in [0.5, 0.6) is 0 Å². The number of terminal acetylenes is 1. The number of amides is 1. The van der Waals surface area contributed by atoms with E-state index in [2.05, 4.69) is 31.8 Å². The highest BCUT2D eigenvalue weighted by atomic mass is 127. The molecule has 0 saturated carbocycles. The Hall–Kier alpha value is -1.83. The maximum atomic E-state index is 12.1. The standard InChI is InChI=1S/C19H27N5O2.HI/c1-3-16-6-5-7-17(14-16)23-18(25)15-22-19(20-4-2)21-8-9-24-10-12-26-13-11-24;/h1,5-7,14H,4,8-13,15H2,2H3,(H,23,25)(H2,20,21,22);1H. The Morgan fingerprint density at radius 3 is 2.81 bits per heavy atom. The number of anilines is 1. The summed E-state index contributed by atoms with van der Waals surface area (Å²) in [4.78, 5) is 18.8. The number of benzene rings is 1. The number of hydrogen-bond acceptors (Lipinski definition) is 4. The molecule has 1 aliphatic heterocycles. The lowest BCUT2D eigenvalue weighted by molar-refractivity contribution is -0.114. The molecule has 0 atom stereocenters. The Bertz CT molecular complexity index is 654. The van der Waals surface area contributed by atoms with Crippen LogP contribution in [-0.4, -0.2) is 69.2 Å². The van der Waals surface area contributed by atoms with Crippen LogP contribution in [-0.2, 0) is 9.53 Å². The minimum absolute atomic E-state index is 0. The van der Waals surface area contributed by atoms with Gasteiger partial charge in [-0.3, -0.25) is 9.69 Å². The fourth-order valence-corrected chi connectivity index (χ4v) is 2.54. The number of halogens is 1. The highest BCUT2D eigenvalue weighted by molar-refractivity contribution is 14.0. The first-order chi connectivity index (χ1) is 12.7. The van der Waals surface area contributed by atoms with Crippen molar-refractivity contribution in [3.05, 3.63) is 29.8 Å². The molecule has 3 N–H and O–H groups in total. The Kier molecular flexibility index (Phi) is 11.5. The molecular formula is C19H28IN5O2. The maximum absolute atomic E-state index is 12.1. The van der Waals surface area contributed by atoms with Gasteiger partial charge in [0.05, 0.1) is 13.2 Å². The molecule has 1 fully saturated rings. The molecule has 1 aliphatic rings.